The fraction of sp³-hybridized carbons (Fsp3) is 0.571. The number of rotatable bonds is 5. The molecular formula is C14H19F2N3O2. The van der Waals surface area contributed by atoms with Gasteiger partial charge in [0.15, 0.2) is 0 Å². The lowest BCUT2D eigenvalue weighted by molar-refractivity contribution is -0.122. The molecule has 21 heavy (non-hydrogen) atoms. The molecule has 2 rings (SSSR count). The Morgan fingerprint density at radius 1 is 1.48 bits per heavy atom. The fourth-order valence-corrected chi connectivity index (χ4v) is 2.21. The summed E-state index contributed by atoms with van der Waals surface area (Å²) in [5, 5.41) is 2.67. The van der Waals surface area contributed by atoms with Crippen LogP contribution in [0.5, 0.6) is 0 Å². The molecule has 1 fully saturated rings. The molecule has 1 N–H and O–H groups in total. The number of nitrogens with one attached hydrogen (secondary N) is 1. The van der Waals surface area contributed by atoms with Crippen LogP contribution in [0, 0.1) is 11.6 Å². The summed E-state index contributed by atoms with van der Waals surface area (Å²) < 4.78 is 31.6. The van der Waals surface area contributed by atoms with Crippen LogP contribution in [0.4, 0.5) is 8.78 Å². The highest BCUT2D eigenvalue weighted by molar-refractivity contribution is 5.76. The van der Waals surface area contributed by atoms with E-state index in [1.807, 2.05) is 0 Å². The third-order valence-electron chi connectivity index (χ3n) is 3.38. The van der Waals surface area contributed by atoms with Gasteiger partial charge in [-0.1, -0.05) is 0 Å². The van der Waals surface area contributed by atoms with Crippen LogP contribution in [0.3, 0.4) is 0 Å². The molecule has 0 saturated carbocycles. The molecule has 1 aliphatic heterocycles. The molecule has 1 amide bonds. The number of hydrogen-bond acceptors (Lipinski definition) is 4. The lowest BCUT2D eigenvalue weighted by Gasteiger charge is -2.26. The molecular weight excluding hydrogens is 280 g/mol. The number of aromatic nitrogens is 1. The first kappa shape index (κ1) is 15.8. The van der Waals surface area contributed by atoms with Crippen LogP contribution in [-0.4, -0.2) is 48.6 Å². The Balaban J connectivity index is 1.81. The normalized spacial score (nSPS) is 17.5. The highest BCUT2D eigenvalue weighted by Gasteiger charge is 2.17. The van der Waals surface area contributed by atoms with E-state index in [1.54, 1.807) is 6.92 Å². The van der Waals surface area contributed by atoms with Crippen LogP contribution in [0.1, 0.15) is 25.1 Å². The number of nitrogens with zero attached hydrogens (tertiary/aromatic N) is 2. The smallest absolute Gasteiger partial charge is 0.221 e. The van der Waals surface area contributed by atoms with Gasteiger partial charge in [0.25, 0.3) is 0 Å². The van der Waals surface area contributed by atoms with E-state index in [9.17, 15) is 13.6 Å². The first-order valence-electron chi connectivity index (χ1n) is 6.96. The van der Waals surface area contributed by atoms with Crippen molar-refractivity contribution in [1.82, 2.24) is 15.2 Å². The van der Waals surface area contributed by atoms with Crippen molar-refractivity contribution in [1.29, 1.82) is 0 Å². The number of halogens is 2. The average molecular weight is 299 g/mol. The van der Waals surface area contributed by atoms with Crippen LogP contribution in [0.25, 0.3) is 0 Å². The first-order chi connectivity index (χ1) is 10.1. The molecule has 0 spiro atoms. The topological polar surface area (TPSA) is 54.5 Å². The molecule has 0 bridgehead atoms. The monoisotopic (exact) mass is 299 g/mol. The highest BCUT2D eigenvalue weighted by atomic mass is 19.1. The minimum absolute atomic E-state index is 0.0381. The SMILES string of the molecule is C[C@H](NC(=O)CCN1CCOCC1)c1ncc(F)cc1F. The van der Waals surface area contributed by atoms with Crippen LogP contribution in [0.15, 0.2) is 12.3 Å². The predicted octanol–water partition coefficient (Wildman–Crippen LogP) is 1.26. The Morgan fingerprint density at radius 2 is 2.19 bits per heavy atom. The summed E-state index contributed by atoms with van der Waals surface area (Å²) >= 11 is 0. The van der Waals surface area contributed by atoms with Gasteiger partial charge in [0.1, 0.15) is 11.6 Å². The van der Waals surface area contributed by atoms with Crippen LogP contribution in [-0.2, 0) is 9.53 Å². The Hall–Kier alpha value is -1.60. The Labute approximate surface area is 122 Å². The van der Waals surface area contributed by atoms with Crippen LogP contribution in [0.2, 0.25) is 0 Å². The van der Waals surface area contributed by atoms with E-state index in [-0.39, 0.29) is 11.6 Å². The molecule has 1 aromatic heterocycles. The van der Waals surface area contributed by atoms with Crippen LogP contribution < -0.4 is 5.32 Å². The number of pyridine rings is 1. The quantitative estimate of drug-likeness (QED) is 0.889. The van der Waals surface area contributed by atoms with Gasteiger partial charge < -0.3 is 10.1 Å². The molecule has 116 valence electrons. The maximum Gasteiger partial charge on any atom is 0.221 e. The average Bonchev–Trinajstić information content (AvgIpc) is 2.46. The minimum atomic E-state index is -0.754. The van der Waals surface area contributed by atoms with Gasteiger partial charge in [0, 0.05) is 32.1 Å². The summed E-state index contributed by atoms with van der Waals surface area (Å²) in [5.74, 6) is -1.67. The third kappa shape index (κ3) is 4.71. The van der Waals surface area contributed by atoms with Crippen molar-refractivity contribution >= 4 is 5.91 Å². The van der Waals surface area contributed by atoms with Gasteiger partial charge in [-0.25, -0.2) is 8.78 Å². The molecule has 1 aromatic rings. The van der Waals surface area contributed by atoms with Crippen molar-refractivity contribution < 1.29 is 18.3 Å². The lowest BCUT2D eigenvalue weighted by Crippen LogP contribution is -2.39. The summed E-state index contributed by atoms with van der Waals surface area (Å²) in [6, 6.07) is 0.168. The molecule has 0 aromatic carbocycles. The van der Waals surface area contributed by atoms with Gasteiger partial charge in [0.05, 0.1) is 31.1 Å². The molecule has 7 heteroatoms. The lowest BCUT2D eigenvalue weighted by atomic mass is 10.2. The summed E-state index contributed by atoms with van der Waals surface area (Å²) in [6.45, 7) is 5.26. The van der Waals surface area contributed by atoms with E-state index < -0.39 is 17.7 Å². The van der Waals surface area contributed by atoms with E-state index in [0.717, 1.165) is 25.4 Å². The van der Waals surface area contributed by atoms with Gasteiger partial charge >= 0.3 is 0 Å². The molecule has 2 heterocycles. The van der Waals surface area contributed by atoms with E-state index in [4.69, 9.17) is 4.74 Å². The maximum absolute atomic E-state index is 13.6. The van der Waals surface area contributed by atoms with E-state index >= 15 is 0 Å². The van der Waals surface area contributed by atoms with Crippen molar-refractivity contribution in [2.45, 2.75) is 19.4 Å². The maximum atomic E-state index is 13.6. The zero-order valence-corrected chi connectivity index (χ0v) is 11.9. The molecule has 0 aliphatic carbocycles. The molecule has 5 nitrogen and oxygen atoms in total. The number of ether oxygens (including phenoxy) is 1. The van der Waals surface area contributed by atoms with Gasteiger partial charge in [-0.05, 0) is 6.92 Å². The molecule has 0 radical (unpaired) electrons. The molecule has 1 aliphatic rings. The molecule has 1 atom stereocenters. The second kappa shape index (κ2) is 7.42. The number of hydrogen-bond donors (Lipinski definition) is 1. The van der Waals surface area contributed by atoms with E-state index in [1.165, 1.54) is 0 Å². The fourth-order valence-electron chi connectivity index (χ4n) is 2.21. The number of amides is 1. The summed E-state index contributed by atoms with van der Waals surface area (Å²) in [7, 11) is 0. The van der Waals surface area contributed by atoms with Crippen LogP contribution >= 0.6 is 0 Å². The number of carbonyl (C=O) groups is 1. The van der Waals surface area contributed by atoms with Crippen molar-refractivity contribution in [2.24, 2.45) is 0 Å². The minimum Gasteiger partial charge on any atom is -0.379 e. The third-order valence-corrected chi connectivity index (χ3v) is 3.38. The van der Waals surface area contributed by atoms with Gasteiger partial charge in [0.2, 0.25) is 5.91 Å². The Bertz CT molecular complexity index is 493. The zero-order valence-electron chi connectivity index (χ0n) is 11.9. The first-order valence-corrected chi connectivity index (χ1v) is 6.96. The summed E-state index contributed by atoms with van der Waals surface area (Å²) in [5.41, 5.74) is 0.0381. The number of carbonyl (C=O) groups excluding carboxylic acids is 1. The molecule has 0 unspecified atom stereocenters. The van der Waals surface area contributed by atoms with Gasteiger partial charge in [-0.3, -0.25) is 14.7 Å². The van der Waals surface area contributed by atoms with Crippen molar-refractivity contribution in [2.75, 3.05) is 32.8 Å². The van der Waals surface area contributed by atoms with Crippen molar-refractivity contribution in [3.8, 4) is 0 Å². The van der Waals surface area contributed by atoms with Gasteiger partial charge in [-0.2, -0.15) is 0 Å². The Kier molecular flexibility index (Phi) is 5.58. The zero-order chi connectivity index (χ0) is 15.2. The van der Waals surface area contributed by atoms with Crippen molar-refractivity contribution in [3.63, 3.8) is 0 Å². The van der Waals surface area contributed by atoms with Gasteiger partial charge in [-0.15, -0.1) is 0 Å². The standard InChI is InChI=1S/C14H19F2N3O2/c1-10(14-12(16)8-11(15)9-17-14)18-13(20)2-3-19-4-6-21-7-5-19/h8-10H,2-7H2,1H3,(H,18,20)/t10-/m0/s1. The van der Waals surface area contributed by atoms with Crippen molar-refractivity contribution in [3.05, 3.63) is 29.6 Å². The number of morpholine rings is 1. The largest absolute Gasteiger partial charge is 0.379 e. The predicted molar refractivity (Wildman–Crippen MR) is 72.6 cm³/mol. The molecule has 1 saturated heterocycles. The van der Waals surface area contributed by atoms with E-state index in [2.05, 4.69) is 15.2 Å². The second-order valence-electron chi connectivity index (χ2n) is 5.01. The second-order valence-corrected chi connectivity index (χ2v) is 5.01. The van der Waals surface area contributed by atoms with E-state index in [0.29, 0.717) is 26.2 Å². The summed E-state index contributed by atoms with van der Waals surface area (Å²) in [4.78, 5) is 17.7. The Morgan fingerprint density at radius 3 is 2.86 bits per heavy atom. The summed E-state index contributed by atoms with van der Waals surface area (Å²) in [6.07, 6.45) is 1.27. The highest BCUT2D eigenvalue weighted by Crippen LogP contribution is 2.14.